The number of unbranched alkanes of at least 4 members (excludes halogenated alkanes) is 47. The Morgan fingerprint density at radius 2 is 0.505 bits per heavy atom. The zero-order valence-corrected chi connectivity index (χ0v) is 63.6. The third kappa shape index (κ3) is 69.0. The summed E-state index contributed by atoms with van der Waals surface area (Å²) in [6, 6.07) is 0. The number of carbonyl (C=O) groups is 4. The minimum atomic E-state index is -4.95. The highest BCUT2D eigenvalue weighted by atomic mass is 31.2. The molecule has 0 aromatic heterocycles. The fourth-order valence-electron chi connectivity index (χ4n) is 11.7. The molecule has 0 aliphatic heterocycles. The molecule has 0 saturated heterocycles. The van der Waals surface area contributed by atoms with Crippen molar-refractivity contribution >= 4 is 39.5 Å². The Morgan fingerprint density at radius 1 is 0.295 bits per heavy atom. The van der Waals surface area contributed by atoms with Gasteiger partial charge in [0.05, 0.1) is 26.4 Å². The lowest BCUT2D eigenvalue weighted by Gasteiger charge is -2.21. The first-order valence-electron chi connectivity index (χ1n) is 39.7. The van der Waals surface area contributed by atoms with E-state index in [1.165, 1.54) is 218 Å². The van der Waals surface area contributed by atoms with E-state index in [0.717, 1.165) is 102 Å². The number of ether oxygens (including phenoxy) is 4. The van der Waals surface area contributed by atoms with E-state index in [1.807, 2.05) is 0 Å². The molecule has 6 atom stereocenters. The Labute approximate surface area is 581 Å². The molecule has 95 heavy (non-hydrogen) atoms. The SMILES string of the molecule is CCCCCCCCCCCCCCCCCCCC(=O)OC[C@H](COP(=O)(O)OC[C@@H](O)COP(=O)(O)OC[C@@H](COC(=O)CCCCCCC)OC(=O)CCCCCCCCCCCCC)OC(=O)CCCCCCCCCCCCCCCCCCCCC(C)CC. The molecule has 17 nitrogen and oxygen atoms in total. The Bertz CT molecular complexity index is 1820. The standard InChI is InChI=1S/C76H148O17P2/c1-6-10-13-16-18-20-22-23-24-27-31-34-38-41-45-50-55-60-74(79)87-66-72(93-76(81)62-57-52-47-43-39-35-32-29-26-25-28-30-33-37-40-44-49-53-58-69(5)9-4)68-91-95(84,85)89-64-70(77)63-88-94(82,83)90-67-71(65-86-73(78)59-54-48-15-12-8-3)92-75(80)61-56-51-46-42-36-21-19-17-14-11-7-2/h69-72,77H,6-68H2,1-5H3,(H,82,83)(H,84,85)/t69?,70-,71+,72+/m0/s1. The third-order valence-electron chi connectivity index (χ3n) is 18.1. The van der Waals surface area contributed by atoms with Crippen LogP contribution >= 0.6 is 15.6 Å². The average Bonchev–Trinajstić information content (AvgIpc) is 3.73. The number of aliphatic hydroxyl groups excluding tert-OH is 1. The van der Waals surface area contributed by atoms with Crippen molar-refractivity contribution in [1.29, 1.82) is 0 Å². The van der Waals surface area contributed by atoms with E-state index in [1.54, 1.807) is 0 Å². The molecule has 0 radical (unpaired) electrons. The second-order valence-corrected chi connectivity index (χ2v) is 30.5. The van der Waals surface area contributed by atoms with Crippen molar-refractivity contribution in [2.75, 3.05) is 39.6 Å². The highest BCUT2D eigenvalue weighted by molar-refractivity contribution is 7.47. The highest BCUT2D eigenvalue weighted by Crippen LogP contribution is 2.45. The van der Waals surface area contributed by atoms with E-state index in [2.05, 4.69) is 34.6 Å². The number of hydrogen-bond donors (Lipinski definition) is 3. The van der Waals surface area contributed by atoms with Crippen LogP contribution in [0.25, 0.3) is 0 Å². The van der Waals surface area contributed by atoms with Crippen molar-refractivity contribution in [1.82, 2.24) is 0 Å². The monoisotopic (exact) mass is 1400 g/mol. The van der Waals surface area contributed by atoms with Crippen LogP contribution in [0.4, 0.5) is 0 Å². The zero-order chi connectivity index (χ0) is 69.8. The van der Waals surface area contributed by atoms with Crippen LogP contribution in [0.1, 0.15) is 401 Å². The van der Waals surface area contributed by atoms with Gasteiger partial charge in [-0.05, 0) is 31.6 Å². The number of phosphoric acid groups is 2. The Balaban J connectivity index is 5.11. The van der Waals surface area contributed by atoms with Crippen molar-refractivity contribution in [2.45, 2.75) is 419 Å². The van der Waals surface area contributed by atoms with Gasteiger partial charge < -0.3 is 33.8 Å². The van der Waals surface area contributed by atoms with Gasteiger partial charge in [0.25, 0.3) is 0 Å². The highest BCUT2D eigenvalue weighted by Gasteiger charge is 2.30. The summed E-state index contributed by atoms with van der Waals surface area (Å²) in [5.74, 6) is -1.25. The minimum absolute atomic E-state index is 0.106. The smallest absolute Gasteiger partial charge is 0.462 e. The number of phosphoric ester groups is 2. The van der Waals surface area contributed by atoms with Gasteiger partial charge >= 0.3 is 39.5 Å². The van der Waals surface area contributed by atoms with E-state index in [4.69, 9.17) is 37.0 Å². The number of carbonyl (C=O) groups excluding carboxylic acids is 4. The summed E-state index contributed by atoms with van der Waals surface area (Å²) in [5.41, 5.74) is 0. The van der Waals surface area contributed by atoms with Crippen molar-refractivity contribution in [3.8, 4) is 0 Å². The fourth-order valence-corrected chi connectivity index (χ4v) is 13.3. The van der Waals surface area contributed by atoms with Gasteiger partial charge in [-0.15, -0.1) is 0 Å². The summed E-state index contributed by atoms with van der Waals surface area (Å²) >= 11 is 0. The second-order valence-electron chi connectivity index (χ2n) is 27.6. The first kappa shape index (κ1) is 93.1. The maximum atomic E-state index is 13.1. The molecular formula is C76H148O17P2. The first-order valence-corrected chi connectivity index (χ1v) is 42.7. The lowest BCUT2D eigenvalue weighted by atomic mass is 9.99. The molecule has 0 spiro atoms. The van der Waals surface area contributed by atoms with Crippen LogP contribution in [0.15, 0.2) is 0 Å². The minimum Gasteiger partial charge on any atom is -0.462 e. The topological polar surface area (TPSA) is 237 Å². The Morgan fingerprint density at radius 3 is 0.747 bits per heavy atom. The molecule has 0 amide bonds. The number of aliphatic hydroxyl groups is 1. The molecule has 0 fully saturated rings. The zero-order valence-electron chi connectivity index (χ0n) is 61.8. The van der Waals surface area contributed by atoms with Crippen molar-refractivity contribution in [3.63, 3.8) is 0 Å². The van der Waals surface area contributed by atoms with Gasteiger partial charge in [-0.1, -0.05) is 349 Å². The van der Waals surface area contributed by atoms with Crippen LogP contribution in [0.3, 0.4) is 0 Å². The van der Waals surface area contributed by atoms with Crippen molar-refractivity contribution < 1.29 is 80.2 Å². The van der Waals surface area contributed by atoms with Crippen LogP contribution < -0.4 is 0 Å². The van der Waals surface area contributed by atoms with E-state index < -0.39 is 97.5 Å². The van der Waals surface area contributed by atoms with Crippen molar-refractivity contribution in [2.24, 2.45) is 5.92 Å². The first-order chi connectivity index (χ1) is 46.1. The van der Waals surface area contributed by atoms with Crippen LogP contribution in [0.2, 0.25) is 0 Å². The quantitative estimate of drug-likeness (QED) is 0.0222. The van der Waals surface area contributed by atoms with E-state index in [0.29, 0.717) is 25.7 Å². The van der Waals surface area contributed by atoms with Gasteiger partial charge in [0.2, 0.25) is 0 Å². The molecule has 3 N–H and O–H groups in total. The van der Waals surface area contributed by atoms with E-state index in [-0.39, 0.29) is 25.7 Å². The number of hydrogen-bond acceptors (Lipinski definition) is 15. The molecule has 0 heterocycles. The molecule has 564 valence electrons. The number of rotatable bonds is 76. The molecular weight excluding hydrogens is 1250 g/mol. The summed E-state index contributed by atoms with van der Waals surface area (Å²) in [7, 11) is -9.90. The average molecular weight is 1400 g/mol. The summed E-state index contributed by atoms with van der Waals surface area (Å²) in [5, 5.41) is 10.6. The fraction of sp³-hybridized carbons (Fsp3) is 0.947. The molecule has 19 heteroatoms. The third-order valence-corrected chi connectivity index (χ3v) is 20.0. The molecule has 0 aliphatic rings. The van der Waals surface area contributed by atoms with E-state index >= 15 is 0 Å². The largest absolute Gasteiger partial charge is 0.472 e. The van der Waals surface area contributed by atoms with Gasteiger partial charge in [0.15, 0.2) is 12.2 Å². The predicted molar refractivity (Wildman–Crippen MR) is 386 cm³/mol. The van der Waals surface area contributed by atoms with Crippen LogP contribution in [0, 0.1) is 5.92 Å². The summed E-state index contributed by atoms with van der Waals surface area (Å²) in [4.78, 5) is 72.5. The van der Waals surface area contributed by atoms with Gasteiger partial charge in [0, 0.05) is 25.7 Å². The maximum Gasteiger partial charge on any atom is 0.472 e. The van der Waals surface area contributed by atoms with Crippen LogP contribution in [-0.4, -0.2) is 96.7 Å². The summed E-state index contributed by atoms with van der Waals surface area (Å²) in [6.45, 7) is 7.26. The Kier molecular flexibility index (Phi) is 67.7. The molecule has 3 unspecified atom stereocenters. The molecule has 0 rings (SSSR count). The maximum absolute atomic E-state index is 13.1. The van der Waals surface area contributed by atoms with Gasteiger partial charge in [-0.3, -0.25) is 37.3 Å². The normalized spacial score (nSPS) is 14.2. The lowest BCUT2D eigenvalue weighted by molar-refractivity contribution is -0.161. The van der Waals surface area contributed by atoms with Gasteiger partial charge in [-0.2, -0.15) is 0 Å². The van der Waals surface area contributed by atoms with E-state index in [9.17, 15) is 43.2 Å². The molecule has 0 saturated carbocycles. The summed E-state index contributed by atoms with van der Waals surface area (Å²) < 4.78 is 68.2. The lowest BCUT2D eigenvalue weighted by Crippen LogP contribution is -2.30. The molecule has 0 aliphatic carbocycles. The predicted octanol–water partition coefficient (Wildman–Crippen LogP) is 22.5. The summed E-state index contributed by atoms with van der Waals surface area (Å²) in [6.07, 6.45) is 58.7. The molecule has 0 bridgehead atoms. The van der Waals surface area contributed by atoms with Crippen molar-refractivity contribution in [3.05, 3.63) is 0 Å². The second kappa shape index (κ2) is 69.2. The Hall–Kier alpha value is -1.94. The van der Waals surface area contributed by atoms with Crippen LogP contribution in [-0.2, 0) is 65.4 Å². The van der Waals surface area contributed by atoms with Gasteiger partial charge in [0.1, 0.15) is 19.3 Å². The number of esters is 4. The van der Waals surface area contributed by atoms with Crippen LogP contribution in [0.5, 0.6) is 0 Å². The molecule has 0 aromatic carbocycles. The molecule has 0 aromatic rings. The van der Waals surface area contributed by atoms with Gasteiger partial charge in [-0.25, -0.2) is 9.13 Å².